The zero-order chi connectivity index (χ0) is 22.0. The first-order valence-electron chi connectivity index (χ1n) is 10.2. The zero-order valence-electron chi connectivity index (χ0n) is 17.7. The molecule has 4 aromatic rings. The van der Waals surface area contributed by atoms with Crippen LogP contribution in [0.25, 0.3) is 22.4 Å². The highest BCUT2D eigenvalue weighted by atomic mass is 35.5. The van der Waals surface area contributed by atoms with E-state index >= 15 is 0 Å². The number of aromatic nitrogens is 4. The number of nitrogens with one attached hydrogen (secondary N) is 2. The number of carbonyl (C=O) groups is 1. The van der Waals surface area contributed by atoms with Gasteiger partial charge in [-0.2, -0.15) is 4.98 Å². The van der Waals surface area contributed by atoms with Gasteiger partial charge < -0.3 is 14.8 Å². The molecule has 0 aliphatic rings. The van der Waals surface area contributed by atoms with Gasteiger partial charge in [-0.25, -0.2) is 4.98 Å². The van der Waals surface area contributed by atoms with Crippen molar-refractivity contribution in [3.05, 3.63) is 59.2 Å². The van der Waals surface area contributed by atoms with E-state index in [4.69, 9.17) is 16.1 Å². The fraction of sp³-hybridized carbons (Fsp3) is 0.304. The van der Waals surface area contributed by atoms with Crippen LogP contribution in [0.2, 0.25) is 5.02 Å². The van der Waals surface area contributed by atoms with Crippen molar-refractivity contribution in [3.8, 4) is 11.4 Å². The SMILES string of the molecule is CC(C)(C)c1noc(CCCC(=O)Nc2ccc3nc(-c4ccccc4Cl)[nH]c3c2)n1. The Kier molecular flexibility index (Phi) is 5.78. The number of aromatic amines is 1. The van der Waals surface area contributed by atoms with Crippen molar-refractivity contribution in [3.63, 3.8) is 0 Å². The van der Waals surface area contributed by atoms with Crippen LogP contribution in [0.5, 0.6) is 0 Å². The first kappa shape index (κ1) is 21.1. The summed E-state index contributed by atoms with van der Waals surface area (Å²) in [4.78, 5) is 24.6. The monoisotopic (exact) mass is 437 g/mol. The van der Waals surface area contributed by atoms with Crippen molar-refractivity contribution >= 4 is 34.2 Å². The third kappa shape index (κ3) is 4.94. The summed E-state index contributed by atoms with van der Waals surface area (Å²) in [5, 5.41) is 7.57. The molecule has 0 aliphatic heterocycles. The lowest BCUT2D eigenvalue weighted by Crippen LogP contribution is -2.13. The maximum atomic E-state index is 12.4. The number of halogens is 1. The second kappa shape index (κ2) is 8.51. The zero-order valence-corrected chi connectivity index (χ0v) is 18.5. The van der Waals surface area contributed by atoms with Gasteiger partial charge in [0.15, 0.2) is 5.82 Å². The maximum absolute atomic E-state index is 12.4. The predicted molar refractivity (Wildman–Crippen MR) is 121 cm³/mol. The summed E-state index contributed by atoms with van der Waals surface area (Å²) in [5.74, 6) is 1.86. The largest absolute Gasteiger partial charge is 0.339 e. The highest BCUT2D eigenvalue weighted by Gasteiger charge is 2.20. The Hall–Kier alpha value is -3.19. The van der Waals surface area contributed by atoms with Gasteiger partial charge in [-0.3, -0.25) is 4.79 Å². The minimum atomic E-state index is -0.157. The fourth-order valence-electron chi connectivity index (χ4n) is 3.15. The number of benzene rings is 2. The van der Waals surface area contributed by atoms with Crippen LogP contribution in [0.3, 0.4) is 0 Å². The number of carbonyl (C=O) groups excluding carboxylic acids is 1. The molecule has 0 spiro atoms. The lowest BCUT2D eigenvalue weighted by molar-refractivity contribution is -0.116. The van der Waals surface area contributed by atoms with E-state index in [0.717, 1.165) is 16.6 Å². The van der Waals surface area contributed by atoms with Crippen LogP contribution in [0.4, 0.5) is 5.69 Å². The molecule has 1 amide bonds. The molecule has 2 heterocycles. The number of aryl methyl sites for hydroxylation is 1. The van der Waals surface area contributed by atoms with Gasteiger partial charge in [0.2, 0.25) is 11.8 Å². The van der Waals surface area contributed by atoms with E-state index in [9.17, 15) is 4.79 Å². The Labute approximate surface area is 185 Å². The van der Waals surface area contributed by atoms with Gasteiger partial charge in [0.25, 0.3) is 0 Å². The summed E-state index contributed by atoms with van der Waals surface area (Å²) < 4.78 is 5.27. The van der Waals surface area contributed by atoms with Crippen LogP contribution in [-0.2, 0) is 16.6 Å². The molecule has 2 aromatic carbocycles. The number of hydrogen-bond acceptors (Lipinski definition) is 5. The number of rotatable bonds is 6. The quantitative estimate of drug-likeness (QED) is 0.413. The number of hydrogen-bond donors (Lipinski definition) is 2. The van der Waals surface area contributed by atoms with E-state index in [2.05, 4.69) is 25.4 Å². The number of amides is 1. The minimum Gasteiger partial charge on any atom is -0.339 e. The highest BCUT2D eigenvalue weighted by Crippen LogP contribution is 2.28. The molecule has 0 fully saturated rings. The van der Waals surface area contributed by atoms with Crippen LogP contribution < -0.4 is 5.32 Å². The Morgan fingerprint density at radius 1 is 1.16 bits per heavy atom. The minimum absolute atomic E-state index is 0.0687. The highest BCUT2D eigenvalue weighted by molar-refractivity contribution is 6.33. The van der Waals surface area contributed by atoms with Crippen molar-refractivity contribution in [2.45, 2.75) is 45.4 Å². The van der Waals surface area contributed by atoms with E-state index in [0.29, 0.717) is 47.5 Å². The smallest absolute Gasteiger partial charge is 0.226 e. The van der Waals surface area contributed by atoms with E-state index in [-0.39, 0.29) is 11.3 Å². The predicted octanol–water partition coefficient (Wildman–Crippen LogP) is 5.53. The lowest BCUT2D eigenvalue weighted by Gasteiger charge is -2.10. The van der Waals surface area contributed by atoms with Crippen molar-refractivity contribution in [1.29, 1.82) is 0 Å². The molecule has 0 radical (unpaired) electrons. The average Bonchev–Trinajstić information content (AvgIpc) is 3.35. The molecule has 2 N–H and O–H groups in total. The third-order valence-corrected chi connectivity index (χ3v) is 5.16. The van der Waals surface area contributed by atoms with Crippen molar-refractivity contribution < 1.29 is 9.32 Å². The van der Waals surface area contributed by atoms with Gasteiger partial charge in [-0.05, 0) is 36.8 Å². The summed E-state index contributed by atoms with van der Waals surface area (Å²) in [5.41, 5.74) is 3.02. The topological polar surface area (TPSA) is 96.7 Å². The van der Waals surface area contributed by atoms with Crippen LogP contribution in [0.1, 0.15) is 45.3 Å². The molecule has 160 valence electrons. The van der Waals surface area contributed by atoms with Crippen molar-refractivity contribution in [1.82, 2.24) is 20.1 Å². The molecule has 0 bridgehead atoms. The van der Waals surface area contributed by atoms with E-state index in [1.807, 2.05) is 63.2 Å². The summed E-state index contributed by atoms with van der Waals surface area (Å²) in [6.45, 7) is 6.09. The molecular formula is C23H24ClN5O2. The molecule has 4 rings (SSSR count). The van der Waals surface area contributed by atoms with E-state index < -0.39 is 0 Å². The second-order valence-corrected chi connectivity index (χ2v) is 8.87. The molecule has 8 heteroatoms. The van der Waals surface area contributed by atoms with Crippen LogP contribution in [0.15, 0.2) is 47.0 Å². The Morgan fingerprint density at radius 3 is 2.71 bits per heavy atom. The Balaban J connectivity index is 1.36. The lowest BCUT2D eigenvalue weighted by atomic mass is 9.96. The Bertz CT molecular complexity index is 1220. The molecule has 0 unspecified atom stereocenters. The number of imidazole rings is 1. The standard InChI is InChI=1S/C23H24ClN5O2/c1-23(2,3)22-28-20(31-29-22)10-6-9-19(30)25-14-11-12-17-18(13-14)27-21(26-17)15-7-4-5-8-16(15)24/h4-5,7-8,11-13H,6,9-10H2,1-3H3,(H,25,30)(H,26,27). The first-order valence-corrected chi connectivity index (χ1v) is 10.5. The summed E-state index contributed by atoms with van der Waals surface area (Å²) in [6, 6.07) is 13.1. The fourth-order valence-corrected chi connectivity index (χ4v) is 3.38. The maximum Gasteiger partial charge on any atom is 0.226 e. The van der Waals surface area contributed by atoms with Crippen LogP contribution >= 0.6 is 11.6 Å². The third-order valence-electron chi connectivity index (χ3n) is 4.83. The van der Waals surface area contributed by atoms with Crippen LogP contribution in [-0.4, -0.2) is 26.0 Å². The molecule has 0 aliphatic carbocycles. The van der Waals surface area contributed by atoms with Crippen molar-refractivity contribution in [2.24, 2.45) is 0 Å². The van der Waals surface area contributed by atoms with Gasteiger partial charge in [-0.1, -0.05) is 49.7 Å². The summed E-state index contributed by atoms with van der Waals surface area (Å²) >= 11 is 6.27. The van der Waals surface area contributed by atoms with Gasteiger partial charge in [0, 0.05) is 29.5 Å². The Morgan fingerprint density at radius 2 is 1.97 bits per heavy atom. The number of anilines is 1. The normalized spacial score (nSPS) is 11.7. The van der Waals surface area contributed by atoms with Crippen molar-refractivity contribution in [2.75, 3.05) is 5.32 Å². The first-order chi connectivity index (χ1) is 14.8. The average molecular weight is 438 g/mol. The second-order valence-electron chi connectivity index (χ2n) is 8.46. The van der Waals surface area contributed by atoms with Gasteiger partial charge in [-0.15, -0.1) is 0 Å². The number of nitrogens with zero attached hydrogens (tertiary/aromatic N) is 3. The molecule has 0 saturated carbocycles. The van der Waals surface area contributed by atoms with Gasteiger partial charge in [0.05, 0.1) is 16.1 Å². The molecule has 0 atom stereocenters. The van der Waals surface area contributed by atoms with Crippen LogP contribution in [0, 0.1) is 0 Å². The molecule has 0 saturated heterocycles. The van der Waals surface area contributed by atoms with E-state index in [1.54, 1.807) is 0 Å². The molecule has 2 aromatic heterocycles. The number of fused-ring (bicyclic) bond motifs is 1. The number of H-pyrrole nitrogens is 1. The summed E-state index contributed by atoms with van der Waals surface area (Å²) in [6.07, 6.45) is 1.55. The summed E-state index contributed by atoms with van der Waals surface area (Å²) in [7, 11) is 0. The van der Waals surface area contributed by atoms with E-state index in [1.165, 1.54) is 0 Å². The van der Waals surface area contributed by atoms with Gasteiger partial charge >= 0.3 is 0 Å². The van der Waals surface area contributed by atoms with Gasteiger partial charge in [0.1, 0.15) is 5.82 Å². The molecule has 7 nitrogen and oxygen atoms in total. The molecule has 31 heavy (non-hydrogen) atoms. The molecular weight excluding hydrogens is 414 g/mol.